The van der Waals surface area contributed by atoms with E-state index in [0.717, 1.165) is 18.2 Å². The first-order valence-electron chi connectivity index (χ1n) is 4.97. The van der Waals surface area contributed by atoms with Gasteiger partial charge in [0.25, 0.3) is 5.91 Å². The molecule has 0 aliphatic carbocycles. The van der Waals surface area contributed by atoms with Crippen LogP contribution in [0.1, 0.15) is 24.2 Å². The molecule has 1 rings (SSSR count). The van der Waals surface area contributed by atoms with E-state index in [0.29, 0.717) is 0 Å². The van der Waals surface area contributed by atoms with Gasteiger partial charge in [-0.25, -0.2) is 8.78 Å². The summed E-state index contributed by atoms with van der Waals surface area (Å²) in [6.45, 7) is 3.23. The molecule has 0 aliphatic rings. The standard InChI is InChI=1S/C11H12F2N2O2/c1-6(2)10(16)14-15-11(17)9-7(12)4-3-5-8(9)13/h3-6H,1-2H3,(H,14,16)(H,15,17). The first-order valence-corrected chi connectivity index (χ1v) is 4.97. The van der Waals surface area contributed by atoms with Crippen molar-refractivity contribution in [1.82, 2.24) is 10.9 Å². The molecule has 6 heteroatoms. The van der Waals surface area contributed by atoms with Crippen LogP contribution in [0, 0.1) is 17.6 Å². The quantitative estimate of drug-likeness (QED) is 0.770. The van der Waals surface area contributed by atoms with Crippen molar-refractivity contribution in [3.8, 4) is 0 Å². The lowest BCUT2D eigenvalue weighted by molar-refractivity contribution is -0.124. The smallest absolute Gasteiger partial charge is 0.273 e. The van der Waals surface area contributed by atoms with Crippen molar-refractivity contribution in [1.29, 1.82) is 0 Å². The highest BCUT2D eigenvalue weighted by Crippen LogP contribution is 2.11. The molecular weight excluding hydrogens is 230 g/mol. The first-order chi connectivity index (χ1) is 7.93. The number of hydrogen-bond acceptors (Lipinski definition) is 2. The Labute approximate surface area is 97.0 Å². The van der Waals surface area contributed by atoms with Gasteiger partial charge in [0, 0.05) is 5.92 Å². The van der Waals surface area contributed by atoms with Gasteiger partial charge in [-0.05, 0) is 12.1 Å². The molecule has 0 saturated heterocycles. The topological polar surface area (TPSA) is 58.2 Å². The Bertz CT molecular complexity index is 427. The highest BCUT2D eigenvalue weighted by atomic mass is 19.1. The number of hydrazine groups is 1. The number of rotatable bonds is 2. The maximum atomic E-state index is 13.2. The van der Waals surface area contributed by atoms with Crippen molar-refractivity contribution in [2.75, 3.05) is 0 Å². The Morgan fingerprint density at radius 2 is 1.65 bits per heavy atom. The molecular formula is C11H12F2N2O2. The van der Waals surface area contributed by atoms with Crippen LogP contribution in [0.5, 0.6) is 0 Å². The largest absolute Gasteiger partial charge is 0.275 e. The fraction of sp³-hybridized carbons (Fsp3) is 0.273. The molecule has 1 aromatic rings. The minimum atomic E-state index is -1.03. The lowest BCUT2D eigenvalue weighted by atomic mass is 10.2. The van der Waals surface area contributed by atoms with Crippen LogP contribution in [0.2, 0.25) is 0 Å². The minimum absolute atomic E-state index is 0.347. The summed E-state index contributed by atoms with van der Waals surface area (Å²) in [6, 6.07) is 3.07. The molecule has 4 nitrogen and oxygen atoms in total. The van der Waals surface area contributed by atoms with E-state index >= 15 is 0 Å². The number of hydrogen-bond donors (Lipinski definition) is 2. The second kappa shape index (κ2) is 5.38. The summed E-state index contributed by atoms with van der Waals surface area (Å²) in [7, 11) is 0. The molecule has 0 bridgehead atoms. The number of halogens is 2. The second-order valence-corrected chi connectivity index (χ2v) is 3.69. The molecule has 0 heterocycles. The Hall–Kier alpha value is -1.98. The van der Waals surface area contributed by atoms with Crippen LogP contribution in [0.3, 0.4) is 0 Å². The molecule has 0 unspecified atom stereocenters. The fourth-order valence-corrected chi connectivity index (χ4v) is 1.04. The van der Waals surface area contributed by atoms with Gasteiger partial charge in [0.1, 0.15) is 17.2 Å². The van der Waals surface area contributed by atoms with Crippen molar-refractivity contribution in [2.45, 2.75) is 13.8 Å². The van der Waals surface area contributed by atoms with E-state index < -0.39 is 29.0 Å². The van der Waals surface area contributed by atoms with Gasteiger partial charge < -0.3 is 0 Å². The van der Waals surface area contributed by atoms with Gasteiger partial charge in [-0.3, -0.25) is 20.4 Å². The Kier molecular flexibility index (Phi) is 4.14. The zero-order valence-corrected chi connectivity index (χ0v) is 9.38. The summed E-state index contributed by atoms with van der Waals surface area (Å²) in [5.41, 5.74) is 3.28. The highest BCUT2D eigenvalue weighted by Gasteiger charge is 2.17. The second-order valence-electron chi connectivity index (χ2n) is 3.69. The summed E-state index contributed by atoms with van der Waals surface area (Å²) in [4.78, 5) is 22.5. The van der Waals surface area contributed by atoms with Gasteiger partial charge in [0.15, 0.2) is 0 Å². The van der Waals surface area contributed by atoms with Crippen LogP contribution in [-0.4, -0.2) is 11.8 Å². The molecule has 0 aromatic heterocycles. The summed E-state index contributed by atoms with van der Waals surface area (Å²) in [5, 5.41) is 0. The SMILES string of the molecule is CC(C)C(=O)NNC(=O)c1c(F)cccc1F. The number of carbonyl (C=O) groups excluding carboxylic acids is 2. The molecule has 92 valence electrons. The third-order valence-corrected chi connectivity index (χ3v) is 2.01. The van der Waals surface area contributed by atoms with Crippen LogP contribution in [0.4, 0.5) is 8.78 Å². The Morgan fingerprint density at radius 1 is 1.12 bits per heavy atom. The Morgan fingerprint density at radius 3 is 2.12 bits per heavy atom. The molecule has 2 N–H and O–H groups in total. The number of benzene rings is 1. The lowest BCUT2D eigenvalue weighted by Crippen LogP contribution is -2.44. The molecule has 0 fully saturated rings. The molecule has 0 atom stereocenters. The van der Waals surface area contributed by atoms with Crippen molar-refractivity contribution in [3.63, 3.8) is 0 Å². The van der Waals surface area contributed by atoms with Gasteiger partial charge in [0.05, 0.1) is 0 Å². The maximum Gasteiger partial charge on any atom is 0.275 e. The predicted octanol–water partition coefficient (Wildman–Crippen LogP) is 1.38. The Balaban J connectivity index is 2.74. The number of nitrogens with one attached hydrogen (secondary N) is 2. The van der Waals surface area contributed by atoms with E-state index in [-0.39, 0.29) is 5.92 Å². The molecule has 2 amide bonds. The molecule has 1 aromatic carbocycles. The molecule has 0 saturated carbocycles. The van der Waals surface area contributed by atoms with E-state index in [1.807, 2.05) is 5.43 Å². The summed E-state index contributed by atoms with van der Waals surface area (Å²) >= 11 is 0. The van der Waals surface area contributed by atoms with Gasteiger partial charge in [0.2, 0.25) is 5.91 Å². The summed E-state index contributed by atoms with van der Waals surface area (Å²) in [6.07, 6.45) is 0. The van der Waals surface area contributed by atoms with Crippen molar-refractivity contribution < 1.29 is 18.4 Å². The minimum Gasteiger partial charge on any atom is -0.273 e. The van der Waals surface area contributed by atoms with E-state index in [9.17, 15) is 18.4 Å². The third kappa shape index (κ3) is 3.24. The third-order valence-electron chi connectivity index (χ3n) is 2.01. The van der Waals surface area contributed by atoms with Crippen LogP contribution in [-0.2, 0) is 4.79 Å². The number of carbonyl (C=O) groups is 2. The monoisotopic (exact) mass is 242 g/mol. The molecule has 0 aliphatic heterocycles. The average molecular weight is 242 g/mol. The van der Waals surface area contributed by atoms with Gasteiger partial charge in [-0.15, -0.1) is 0 Å². The van der Waals surface area contributed by atoms with Crippen molar-refractivity contribution in [3.05, 3.63) is 35.4 Å². The van der Waals surface area contributed by atoms with Gasteiger partial charge >= 0.3 is 0 Å². The van der Waals surface area contributed by atoms with Crippen LogP contribution in [0.25, 0.3) is 0 Å². The normalized spacial score (nSPS) is 10.2. The molecule has 0 radical (unpaired) electrons. The first kappa shape index (κ1) is 13.1. The highest BCUT2D eigenvalue weighted by molar-refractivity contribution is 5.95. The lowest BCUT2D eigenvalue weighted by Gasteiger charge is -2.10. The summed E-state index contributed by atoms with van der Waals surface area (Å²) < 4.78 is 26.3. The zero-order chi connectivity index (χ0) is 13.0. The zero-order valence-electron chi connectivity index (χ0n) is 9.38. The fourth-order valence-electron chi connectivity index (χ4n) is 1.04. The average Bonchev–Trinajstić information content (AvgIpc) is 2.25. The van der Waals surface area contributed by atoms with Crippen molar-refractivity contribution in [2.24, 2.45) is 5.92 Å². The van der Waals surface area contributed by atoms with Crippen molar-refractivity contribution >= 4 is 11.8 Å². The predicted molar refractivity (Wildman–Crippen MR) is 56.8 cm³/mol. The maximum absolute atomic E-state index is 13.2. The summed E-state index contributed by atoms with van der Waals surface area (Å²) in [5.74, 6) is -3.80. The van der Waals surface area contributed by atoms with E-state index in [1.165, 1.54) is 0 Å². The van der Waals surface area contributed by atoms with Gasteiger partial charge in [-0.2, -0.15) is 0 Å². The van der Waals surface area contributed by atoms with Crippen LogP contribution < -0.4 is 10.9 Å². The molecule has 0 spiro atoms. The van der Waals surface area contributed by atoms with Crippen LogP contribution in [0.15, 0.2) is 18.2 Å². The molecule has 17 heavy (non-hydrogen) atoms. The van der Waals surface area contributed by atoms with E-state index in [4.69, 9.17) is 0 Å². The van der Waals surface area contributed by atoms with E-state index in [1.54, 1.807) is 13.8 Å². The van der Waals surface area contributed by atoms with Gasteiger partial charge in [-0.1, -0.05) is 19.9 Å². The van der Waals surface area contributed by atoms with Crippen LogP contribution >= 0.6 is 0 Å². The van der Waals surface area contributed by atoms with E-state index in [2.05, 4.69) is 5.43 Å². The number of amides is 2.